The Kier molecular flexibility index (Phi) is 2.67. The van der Waals surface area contributed by atoms with Gasteiger partial charge < -0.3 is 4.98 Å². The molecule has 20 heavy (non-hydrogen) atoms. The average Bonchev–Trinajstić information content (AvgIpc) is 3.30. The molecule has 0 bridgehead atoms. The minimum absolute atomic E-state index is 0.576. The minimum Gasteiger partial charge on any atom is -0.343 e. The summed E-state index contributed by atoms with van der Waals surface area (Å²) in [5.41, 5.74) is 2.27. The molecule has 4 rings (SSSR count). The highest BCUT2D eigenvalue weighted by Gasteiger charge is 2.26. The van der Waals surface area contributed by atoms with Gasteiger partial charge >= 0.3 is 0 Å². The fourth-order valence-electron chi connectivity index (χ4n) is 2.63. The summed E-state index contributed by atoms with van der Waals surface area (Å²) in [7, 11) is 0. The van der Waals surface area contributed by atoms with Gasteiger partial charge in [0.25, 0.3) is 0 Å². The van der Waals surface area contributed by atoms with Gasteiger partial charge in [-0.15, -0.1) is 0 Å². The van der Waals surface area contributed by atoms with Gasteiger partial charge in [-0.05, 0) is 29.7 Å². The van der Waals surface area contributed by atoms with Gasteiger partial charge in [0.2, 0.25) is 0 Å². The van der Waals surface area contributed by atoms with Crippen LogP contribution in [0, 0.1) is 4.64 Å². The zero-order valence-corrected chi connectivity index (χ0v) is 11.8. The molecule has 1 saturated carbocycles. The Bertz CT molecular complexity index is 841. The van der Waals surface area contributed by atoms with E-state index >= 15 is 0 Å². The Hall–Kier alpha value is -2.00. The first-order chi connectivity index (χ1) is 9.81. The highest BCUT2D eigenvalue weighted by Crippen LogP contribution is 2.39. The number of hydrogen-bond acceptors (Lipinski definition) is 2. The number of fused-ring (bicyclic) bond motifs is 1. The van der Waals surface area contributed by atoms with Crippen LogP contribution >= 0.6 is 12.2 Å². The highest BCUT2D eigenvalue weighted by atomic mass is 32.1. The number of benzene rings is 2. The zero-order valence-electron chi connectivity index (χ0n) is 11.0. The fraction of sp³-hybridized carbons (Fsp3) is 0.176. The molecule has 1 fully saturated rings. The van der Waals surface area contributed by atoms with Gasteiger partial charge in [0.1, 0.15) is 10.5 Å². The van der Waals surface area contributed by atoms with Crippen LogP contribution < -0.4 is 0 Å². The van der Waals surface area contributed by atoms with E-state index in [-0.39, 0.29) is 0 Å². The molecule has 1 heterocycles. The summed E-state index contributed by atoms with van der Waals surface area (Å²) in [4.78, 5) is 7.94. The molecule has 0 unspecified atom stereocenters. The van der Waals surface area contributed by atoms with Gasteiger partial charge in [0.15, 0.2) is 0 Å². The smallest absolute Gasteiger partial charge is 0.130 e. The van der Waals surface area contributed by atoms with E-state index < -0.39 is 0 Å². The Morgan fingerprint density at radius 3 is 2.70 bits per heavy atom. The van der Waals surface area contributed by atoms with Crippen LogP contribution in [0.25, 0.3) is 22.0 Å². The summed E-state index contributed by atoms with van der Waals surface area (Å²) >= 11 is 5.33. The van der Waals surface area contributed by atoms with E-state index in [1.807, 2.05) is 6.07 Å². The number of nitrogens with zero attached hydrogens (tertiary/aromatic N) is 1. The molecule has 1 N–H and O–H groups in total. The van der Waals surface area contributed by atoms with Crippen LogP contribution in [-0.4, -0.2) is 9.97 Å². The predicted molar refractivity (Wildman–Crippen MR) is 84.3 cm³/mol. The van der Waals surface area contributed by atoms with Crippen LogP contribution in [0.3, 0.4) is 0 Å². The second kappa shape index (κ2) is 4.53. The number of hydrogen-bond donors (Lipinski definition) is 1. The average molecular weight is 278 g/mol. The van der Waals surface area contributed by atoms with E-state index in [1.54, 1.807) is 0 Å². The van der Waals surface area contributed by atoms with Gasteiger partial charge in [-0.3, -0.25) is 0 Å². The molecule has 3 heteroatoms. The van der Waals surface area contributed by atoms with Crippen molar-refractivity contribution in [2.45, 2.75) is 18.8 Å². The molecular formula is C17H14N2S. The first kappa shape index (κ1) is 11.8. The van der Waals surface area contributed by atoms with Crippen molar-refractivity contribution in [3.8, 4) is 11.3 Å². The first-order valence-electron chi connectivity index (χ1n) is 6.91. The zero-order chi connectivity index (χ0) is 13.5. The molecule has 1 aliphatic carbocycles. The molecule has 98 valence electrons. The first-order valence-corrected chi connectivity index (χ1v) is 7.31. The number of rotatable bonds is 2. The van der Waals surface area contributed by atoms with E-state index in [9.17, 15) is 0 Å². The molecule has 0 radical (unpaired) electrons. The van der Waals surface area contributed by atoms with Crippen LogP contribution in [0.4, 0.5) is 0 Å². The summed E-state index contributed by atoms with van der Waals surface area (Å²) in [5.74, 6) is 1.62. The molecular weight excluding hydrogens is 264 g/mol. The number of nitrogens with one attached hydrogen (secondary N) is 1. The van der Waals surface area contributed by atoms with Crippen LogP contribution in [-0.2, 0) is 0 Å². The third-order valence-corrected chi connectivity index (χ3v) is 4.01. The van der Waals surface area contributed by atoms with Crippen molar-refractivity contribution in [1.29, 1.82) is 0 Å². The summed E-state index contributed by atoms with van der Waals surface area (Å²) in [6, 6.07) is 16.7. The van der Waals surface area contributed by atoms with Crippen LogP contribution in [0.1, 0.15) is 24.6 Å². The molecule has 1 aliphatic rings. The van der Waals surface area contributed by atoms with E-state index in [4.69, 9.17) is 12.2 Å². The Morgan fingerprint density at radius 1 is 1.05 bits per heavy atom. The molecule has 0 aliphatic heterocycles. The predicted octanol–water partition coefficient (Wildman–Crippen LogP) is 4.84. The number of aromatic nitrogens is 2. The second-order valence-electron chi connectivity index (χ2n) is 5.32. The van der Waals surface area contributed by atoms with E-state index in [0.29, 0.717) is 10.6 Å². The summed E-state index contributed by atoms with van der Waals surface area (Å²) in [6.45, 7) is 0. The lowest BCUT2D eigenvalue weighted by molar-refractivity contribution is 0.924. The number of H-pyrrole nitrogens is 1. The highest BCUT2D eigenvalue weighted by molar-refractivity contribution is 7.71. The van der Waals surface area contributed by atoms with Crippen molar-refractivity contribution in [2.75, 3.05) is 0 Å². The van der Waals surface area contributed by atoms with Gasteiger partial charge in [0.05, 0.1) is 5.69 Å². The van der Waals surface area contributed by atoms with E-state index in [1.165, 1.54) is 29.2 Å². The Labute approximate surface area is 122 Å². The molecule has 0 spiro atoms. The fourth-order valence-corrected chi connectivity index (χ4v) is 2.85. The van der Waals surface area contributed by atoms with Crippen LogP contribution in [0.15, 0.2) is 48.5 Å². The lowest BCUT2D eigenvalue weighted by Gasteiger charge is -2.08. The second-order valence-corrected chi connectivity index (χ2v) is 5.74. The van der Waals surface area contributed by atoms with Crippen molar-refractivity contribution in [3.05, 3.63) is 59.0 Å². The maximum Gasteiger partial charge on any atom is 0.130 e. The van der Waals surface area contributed by atoms with Gasteiger partial charge in [-0.1, -0.05) is 54.7 Å². The van der Waals surface area contributed by atoms with E-state index in [2.05, 4.69) is 52.4 Å². The molecule has 0 amide bonds. The lowest BCUT2D eigenvalue weighted by atomic mass is 10.0. The lowest BCUT2D eigenvalue weighted by Crippen LogP contribution is -1.95. The van der Waals surface area contributed by atoms with Crippen molar-refractivity contribution in [2.24, 2.45) is 0 Å². The largest absolute Gasteiger partial charge is 0.343 e. The summed E-state index contributed by atoms with van der Waals surface area (Å²) < 4.78 is 0.675. The quantitative estimate of drug-likeness (QED) is 0.680. The Morgan fingerprint density at radius 2 is 1.85 bits per heavy atom. The van der Waals surface area contributed by atoms with Crippen molar-refractivity contribution in [3.63, 3.8) is 0 Å². The van der Waals surface area contributed by atoms with Gasteiger partial charge in [0, 0.05) is 11.5 Å². The molecule has 3 aromatic rings. The molecule has 2 nitrogen and oxygen atoms in total. The maximum atomic E-state index is 5.33. The molecule has 1 aromatic heterocycles. The SMILES string of the molecule is S=c1cc(-c2cccc3ccccc23)[nH]c(C2CC2)n1. The normalized spacial score (nSPS) is 14.6. The molecule has 0 saturated heterocycles. The number of aromatic amines is 1. The topological polar surface area (TPSA) is 28.7 Å². The third kappa shape index (κ3) is 2.04. The maximum absolute atomic E-state index is 5.33. The van der Waals surface area contributed by atoms with Crippen LogP contribution in [0.2, 0.25) is 0 Å². The van der Waals surface area contributed by atoms with Gasteiger partial charge in [-0.25, -0.2) is 4.98 Å². The monoisotopic (exact) mass is 278 g/mol. The van der Waals surface area contributed by atoms with Crippen molar-refractivity contribution in [1.82, 2.24) is 9.97 Å². The Balaban J connectivity index is 1.97. The minimum atomic E-state index is 0.576. The molecule has 0 atom stereocenters. The summed E-state index contributed by atoms with van der Waals surface area (Å²) in [6.07, 6.45) is 2.44. The van der Waals surface area contributed by atoms with E-state index in [0.717, 1.165) is 11.5 Å². The van der Waals surface area contributed by atoms with Crippen molar-refractivity contribution >= 4 is 23.0 Å². The van der Waals surface area contributed by atoms with Crippen molar-refractivity contribution < 1.29 is 0 Å². The van der Waals surface area contributed by atoms with Crippen LogP contribution in [0.5, 0.6) is 0 Å². The molecule has 2 aromatic carbocycles. The summed E-state index contributed by atoms with van der Waals surface area (Å²) in [5, 5.41) is 2.49. The third-order valence-electron chi connectivity index (χ3n) is 3.81. The standard InChI is InChI=1S/C17H14N2S/c20-16-10-15(18-17(19-16)12-8-9-12)14-7-3-5-11-4-1-2-6-13(11)14/h1-7,10,12H,8-9H2,(H,18,19,20). The van der Waals surface area contributed by atoms with Gasteiger partial charge in [-0.2, -0.15) is 0 Å².